The first-order valence-electron chi connectivity index (χ1n) is 7.77. The van der Waals surface area contributed by atoms with Crippen LogP contribution < -0.4 is 10.4 Å². The van der Waals surface area contributed by atoms with Crippen LogP contribution in [-0.4, -0.2) is 19.8 Å². The topological polar surface area (TPSA) is 61.9 Å². The summed E-state index contributed by atoms with van der Waals surface area (Å²) in [6.07, 6.45) is -2.77. The number of alkyl halides is 2. The van der Waals surface area contributed by atoms with Gasteiger partial charge in [0.1, 0.15) is 12.4 Å². The fourth-order valence-corrected chi connectivity index (χ4v) is 2.93. The Kier molecular flexibility index (Phi) is 5.48. The van der Waals surface area contributed by atoms with Crippen LogP contribution in [0.3, 0.4) is 0 Å². The predicted molar refractivity (Wildman–Crippen MR) is 97.1 cm³/mol. The quantitative estimate of drug-likeness (QED) is 0.630. The fraction of sp³-hybridized carbons (Fsp3) is 0.235. The van der Waals surface area contributed by atoms with Crippen molar-refractivity contribution in [1.82, 2.24) is 19.8 Å². The Morgan fingerprint density at radius 3 is 2.56 bits per heavy atom. The second-order valence-corrected chi connectivity index (χ2v) is 6.58. The molecule has 0 saturated carbocycles. The first-order chi connectivity index (χ1) is 12.8. The fourth-order valence-electron chi connectivity index (χ4n) is 2.51. The molecule has 142 valence electrons. The Morgan fingerprint density at radius 2 is 1.93 bits per heavy atom. The highest BCUT2D eigenvalue weighted by molar-refractivity contribution is 6.34. The Morgan fingerprint density at radius 1 is 1.19 bits per heavy atom. The number of aryl methyl sites for hydroxylation is 2. The van der Waals surface area contributed by atoms with Gasteiger partial charge in [0.05, 0.1) is 10.7 Å². The van der Waals surface area contributed by atoms with E-state index in [1.54, 1.807) is 13.0 Å². The van der Waals surface area contributed by atoms with Gasteiger partial charge in [-0.15, -0.1) is 0 Å². The Balaban J connectivity index is 2.05. The molecular weight excluding hydrogens is 401 g/mol. The molecule has 2 aromatic carbocycles. The lowest BCUT2D eigenvalue weighted by molar-refractivity contribution is 0.148. The van der Waals surface area contributed by atoms with Gasteiger partial charge in [0.25, 0.3) is 6.43 Å². The average molecular weight is 415 g/mol. The number of nitrogens with zero attached hydrogens (tertiary/aromatic N) is 4. The van der Waals surface area contributed by atoms with Crippen LogP contribution in [0.25, 0.3) is 5.69 Å². The van der Waals surface area contributed by atoms with Crippen molar-refractivity contribution >= 4 is 23.2 Å². The third kappa shape index (κ3) is 3.81. The number of hydrogen-bond acceptors (Lipinski definition) is 4. The number of aromatic nitrogens is 4. The van der Waals surface area contributed by atoms with Crippen LogP contribution in [0.15, 0.2) is 35.1 Å². The van der Waals surface area contributed by atoms with Crippen molar-refractivity contribution in [3.8, 4) is 11.4 Å². The molecule has 0 radical (unpaired) electrons. The zero-order valence-corrected chi connectivity index (χ0v) is 15.8. The van der Waals surface area contributed by atoms with Crippen LogP contribution in [0.4, 0.5) is 8.78 Å². The van der Waals surface area contributed by atoms with Gasteiger partial charge in [-0.05, 0) is 35.0 Å². The first-order valence-corrected chi connectivity index (χ1v) is 8.53. The highest BCUT2D eigenvalue weighted by atomic mass is 35.5. The van der Waals surface area contributed by atoms with Crippen LogP contribution in [0.1, 0.15) is 23.1 Å². The summed E-state index contributed by atoms with van der Waals surface area (Å²) >= 11 is 12.2. The molecule has 10 heteroatoms. The van der Waals surface area contributed by atoms with Crippen LogP contribution >= 0.6 is 23.2 Å². The molecule has 0 unspecified atom stereocenters. The SMILES string of the molecule is Cc1cc(Cl)c(OCc2c(C(F)F)cccc2-n2nnn(C)c2=O)cc1Cl. The molecule has 27 heavy (non-hydrogen) atoms. The molecule has 0 amide bonds. The predicted octanol–water partition coefficient (Wildman–Crippen LogP) is 4.10. The van der Waals surface area contributed by atoms with E-state index in [9.17, 15) is 13.6 Å². The number of rotatable bonds is 5. The summed E-state index contributed by atoms with van der Waals surface area (Å²) in [5.41, 5.74) is 0.162. The highest BCUT2D eigenvalue weighted by Gasteiger charge is 2.20. The van der Waals surface area contributed by atoms with Gasteiger partial charge in [0, 0.05) is 29.3 Å². The maximum Gasteiger partial charge on any atom is 0.368 e. The second-order valence-electron chi connectivity index (χ2n) is 5.76. The van der Waals surface area contributed by atoms with Crippen LogP contribution in [0.5, 0.6) is 5.75 Å². The minimum absolute atomic E-state index is 0.0999. The van der Waals surface area contributed by atoms with Crippen LogP contribution in [0, 0.1) is 6.92 Å². The molecule has 3 aromatic rings. The van der Waals surface area contributed by atoms with Crippen molar-refractivity contribution in [3.63, 3.8) is 0 Å². The van der Waals surface area contributed by atoms with Crippen molar-refractivity contribution in [3.05, 3.63) is 67.6 Å². The van der Waals surface area contributed by atoms with E-state index < -0.39 is 12.1 Å². The molecular formula is C17H14Cl2F2N4O2. The van der Waals surface area contributed by atoms with E-state index >= 15 is 0 Å². The van der Waals surface area contributed by atoms with Crippen LogP contribution in [0.2, 0.25) is 10.0 Å². The molecule has 0 bridgehead atoms. The molecule has 0 aliphatic rings. The molecule has 0 spiro atoms. The van der Waals surface area contributed by atoms with Gasteiger partial charge in [-0.25, -0.2) is 13.6 Å². The third-order valence-corrected chi connectivity index (χ3v) is 4.66. The standard InChI is InChI=1S/C17H14Cl2F2N4O2/c1-9-6-13(19)15(7-12(9)18)27-8-11-10(16(20)21)4-3-5-14(11)25-17(26)24(2)22-23-25/h3-7,16H,8H2,1-2H3. The molecule has 0 fully saturated rings. The van der Waals surface area contributed by atoms with Crippen molar-refractivity contribution in [2.24, 2.45) is 7.05 Å². The summed E-state index contributed by atoms with van der Waals surface area (Å²) in [6.45, 7) is 1.51. The average Bonchev–Trinajstić information content (AvgIpc) is 2.95. The molecule has 6 nitrogen and oxygen atoms in total. The zero-order chi connectivity index (χ0) is 19.7. The van der Waals surface area contributed by atoms with Gasteiger partial charge >= 0.3 is 5.69 Å². The summed E-state index contributed by atoms with van der Waals surface area (Å²) in [5, 5.41) is 8.05. The molecule has 0 atom stereocenters. The van der Waals surface area contributed by atoms with E-state index in [4.69, 9.17) is 27.9 Å². The summed E-state index contributed by atoms with van der Waals surface area (Å²) in [7, 11) is 1.41. The maximum atomic E-state index is 13.5. The Hall–Kier alpha value is -2.45. The zero-order valence-electron chi connectivity index (χ0n) is 14.3. The van der Waals surface area contributed by atoms with Crippen molar-refractivity contribution in [1.29, 1.82) is 0 Å². The van der Waals surface area contributed by atoms with Gasteiger partial charge in [-0.1, -0.05) is 35.3 Å². The first kappa shape index (κ1) is 19.3. The van der Waals surface area contributed by atoms with Crippen molar-refractivity contribution in [2.45, 2.75) is 20.0 Å². The minimum Gasteiger partial charge on any atom is -0.487 e. The molecule has 0 N–H and O–H groups in total. The lowest BCUT2D eigenvalue weighted by Crippen LogP contribution is -2.23. The minimum atomic E-state index is -2.77. The Bertz CT molecular complexity index is 1050. The summed E-state index contributed by atoms with van der Waals surface area (Å²) in [6, 6.07) is 7.30. The van der Waals surface area contributed by atoms with Gasteiger partial charge < -0.3 is 4.74 Å². The summed E-state index contributed by atoms with van der Waals surface area (Å²) in [5.74, 6) is 0.244. The molecule has 0 saturated heterocycles. The van der Waals surface area contributed by atoms with E-state index in [0.29, 0.717) is 10.0 Å². The summed E-state index contributed by atoms with van der Waals surface area (Å²) in [4.78, 5) is 12.1. The van der Waals surface area contributed by atoms with Crippen LogP contribution in [-0.2, 0) is 13.7 Å². The molecule has 0 aliphatic carbocycles. The van der Waals surface area contributed by atoms with E-state index in [1.165, 1.54) is 31.3 Å². The van der Waals surface area contributed by atoms with Gasteiger partial charge in [0.15, 0.2) is 0 Å². The largest absolute Gasteiger partial charge is 0.487 e. The van der Waals surface area contributed by atoms with Crippen molar-refractivity contribution in [2.75, 3.05) is 0 Å². The molecule has 3 rings (SSSR count). The lowest BCUT2D eigenvalue weighted by atomic mass is 10.1. The molecule has 1 aromatic heterocycles. The molecule has 1 heterocycles. The third-order valence-electron chi connectivity index (χ3n) is 3.96. The van der Waals surface area contributed by atoms with E-state index in [0.717, 1.165) is 14.9 Å². The van der Waals surface area contributed by atoms with Crippen molar-refractivity contribution < 1.29 is 13.5 Å². The molecule has 0 aliphatic heterocycles. The van der Waals surface area contributed by atoms with Gasteiger partial charge in [-0.2, -0.15) is 9.36 Å². The van der Waals surface area contributed by atoms with Gasteiger partial charge in [0.2, 0.25) is 0 Å². The normalized spacial score (nSPS) is 11.2. The number of ether oxygens (including phenoxy) is 1. The number of tetrazole rings is 1. The van der Waals surface area contributed by atoms with E-state index in [2.05, 4.69) is 10.4 Å². The highest BCUT2D eigenvalue weighted by Crippen LogP contribution is 2.33. The van der Waals surface area contributed by atoms with E-state index in [1.807, 2.05) is 0 Å². The van der Waals surface area contributed by atoms with E-state index in [-0.39, 0.29) is 29.2 Å². The second kappa shape index (κ2) is 7.66. The summed E-state index contributed by atoms with van der Waals surface area (Å²) < 4.78 is 34.6. The monoisotopic (exact) mass is 414 g/mol. The lowest BCUT2D eigenvalue weighted by Gasteiger charge is -2.15. The number of hydrogen-bond donors (Lipinski definition) is 0. The maximum absolute atomic E-state index is 13.5. The van der Waals surface area contributed by atoms with Gasteiger partial charge in [-0.3, -0.25) is 0 Å². The smallest absolute Gasteiger partial charge is 0.368 e. The Labute approximate surface area is 162 Å². The number of halogens is 4. The number of benzene rings is 2.